The highest BCUT2D eigenvalue weighted by molar-refractivity contribution is 6.01. The van der Waals surface area contributed by atoms with Crippen molar-refractivity contribution >= 4 is 33.7 Å². The molecule has 4 aromatic rings. The molecule has 1 amide bonds. The molecule has 0 spiro atoms. The number of imidazole rings is 1. The normalized spacial score (nSPS) is 11.1. The number of amides is 1. The smallest absolute Gasteiger partial charge is 0.232 e. The Morgan fingerprint density at radius 3 is 3.09 bits per heavy atom. The van der Waals surface area contributed by atoms with Crippen LogP contribution in [0.5, 0.6) is 0 Å². The van der Waals surface area contributed by atoms with Gasteiger partial charge in [-0.2, -0.15) is 0 Å². The van der Waals surface area contributed by atoms with Crippen molar-refractivity contribution in [2.45, 2.75) is 6.42 Å². The monoisotopic (exact) mass is 292 g/mol. The maximum absolute atomic E-state index is 12.1. The van der Waals surface area contributed by atoms with Crippen LogP contribution in [-0.2, 0) is 11.2 Å². The number of H-pyrrole nitrogens is 2. The van der Waals surface area contributed by atoms with E-state index in [-0.39, 0.29) is 12.3 Å². The fraction of sp³-hybridized carbons (Fsp3) is 0.0667. The van der Waals surface area contributed by atoms with Gasteiger partial charge in [0.05, 0.1) is 30.0 Å². The highest BCUT2D eigenvalue weighted by Crippen LogP contribution is 2.20. The Morgan fingerprint density at radius 2 is 2.23 bits per heavy atom. The molecule has 0 aliphatic rings. The largest absolute Gasteiger partial charge is 0.346 e. The van der Waals surface area contributed by atoms with Crippen LogP contribution in [0.4, 0.5) is 5.69 Å². The van der Waals surface area contributed by atoms with E-state index in [4.69, 9.17) is 0 Å². The summed E-state index contributed by atoms with van der Waals surface area (Å²) in [6.07, 6.45) is 6.95. The summed E-state index contributed by atoms with van der Waals surface area (Å²) < 4.78 is 0. The Kier molecular flexibility index (Phi) is 2.82. The number of nitrogens with zero attached hydrogens (tertiary/aromatic N) is 3. The molecular weight excluding hydrogens is 280 g/mol. The van der Waals surface area contributed by atoms with E-state index in [9.17, 15) is 4.79 Å². The Hall–Kier alpha value is -3.22. The second-order valence-corrected chi connectivity index (χ2v) is 4.91. The Balaban J connectivity index is 1.60. The Bertz CT molecular complexity index is 956. The molecule has 4 rings (SSSR count). The zero-order valence-corrected chi connectivity index (χ0v) is 11.5. The van der Waals surface area contributed by atoms with Crippen LogP contribution in [0.15, 0.2) is 43.0 Å². The van der Waals surface area contributed by atoms with E-state index in [0.29, 0.717) is 11.5 Å². The zero-order valence-electron chi connectivity index (χ0n) is 11.5. The number of aromatic nitrogens is 5. The van der Waals surface area contributed by atoms with Gasteiger partial charge in [0, 0.05) is 17.8 Å². The van der Waals surface area contributed by atoms with E-state index in [0.717, 1.165) is 22.1 Å². The molecule has 4 heterocycles. The first-order chi connectivity index (χ1) is 10.8. The predicted molar refractivity (Wildman–Crippen MR) is 82.3 cm³/mol. The summed E-state index contributed by atoms with van der Waals surface area (Å²) >= 11 is 0. The van der Waals surface area contributed by atoms with Gasteiger partial charge in [0.2, 0.25) is 5.91 Å². The molecule has 0 aliphatic carbocycles. The molecule has 0 atom stereocenters. The third-order valence-electron chi connectivity index (χ3n) is 3.36. The van der Waals surface area contributed by atoms with Crippen LogP contribution in [-0.4, -0.2) is 30.8 Å². The molecule has 0 saturated carbocycles. The van der Waals surface area contributed by atoms with Crippen molar-refractivity contribution in [2.24, 2.45) is 0 Å². The van der Waals surface area contributed by atoms with E-state index >= 15 is 0 Å². The number of anilines is 1. The number of hydrogen-bond acceptors (Lipinski definition) is 4. The average molecular weight is 292 g/mol. The molecule has 0 saturated heterocycles. The fourth-order valence-electron chi connectivity index (χ4n) is 2.40. The third kappa shape index (κ3) is 2.18. The van der Waals surface area contributed by atoms with Crippen molar-refractivity contribution in [1.29, 1.82) is 0 Å². The molecule has 0 aromatic carbocycles. The summed E-state index contributed by atoms with van der Waals surface area (Å²) in [5.74, 6) is 0.456. The van der Waals surface area contributed by atoms with Crippen LogP contribution < -0.4 is 5.32 Å². The van der Waals surface area contributed by atoms with E-state index in [1.54, 1.807) is 30.7 Å². The molecule has 4 aromatic heterocycles. The van der Waals surface area contributed by atoms with Crippen LogP contribution in [0, 0.1) is 0 Å². The minimum atomic E-state index is -0.148. The van der Waals surface area contributed by atoms with Gasteiger partial charge in [-0.05, 0) is 18.2 Å². The molecular formula is C15H12N6O. The molecule has 108 valence electrons. The summed E-state index contributed by atoms with van der Waals surface area (Å²) in [6.45, 7) is 0. The lowest BCUT2D eigenvalue weighted by Gasteiger charge is -2.02. The van der Waals surface area contributed by atoms with Gasteiger partial charge in [0.25, 0.3) is 0 Å². The molecule has 0 bridgehead atoms. The lowest BCUT2D eigenvalue weighted by Crippen LogP contribution is -2.15. The second-order valence-electron chi connectivity index (χ2n) is 4.91. The lowest BCUT2D eigenvalue weighted by molar-refractivity contribution is -0.115. The van der Waals surface area contributed by atoms with Gasteiger partial charge < -0.3 is 15.3 Å². The van der Waals surface area contributed by atoms with Gasteiger partial charge in [0.15, 0.2) is 0 Å². The van der Waals surface area contributed by atoms with Crippen LogP contribution in [0.3, 0.4) is 0 Å². The molecule has 22 heavy (non-hydrogen) atoms. The highest BCUT2D eigenvalue weighted by Gasteiger charge is 2.11. The summed E-state index contributed by atoms with van der Waals surface area (Å²) in [5.41, 5.74) is 3.08. The summed E-state index contributed by atoms with van der Waals surface area (Å²) in [5, 5.41) is 3.72. The minimum absolute atomic E-state index is 0.148. The maximum atomic E-state index is 12.1. The topological polar surface area (TPSA) is 99.4 Å². The summed E-state index contributed by atoms with van der Waals surface area (Å²) in [6, 6.07) is 5.48. The number of carbonyl (C=O) groups excluding carboxylic acids is 1. The quantitative estimate of drug-likeness (QED) is 0.538. The van der Waals surface area contributed by atoms with Gasteiger partial charge in [-0.1, -0.05) is 0 Å². The number of fused-ring (bicyclic) bond motifs is 3. The fourth-order valence-corrected chi connectivity index (χ4v) is 2.40. The SMILES string of the molecule is O=C(Cc1nc2c(cnc3[nH]ccc32)[nH]1)Nc1cccnc1. The molecule has 3 N–H and O–H groups in total. The number of hydrogen-bond donors (Lipinski definition) is 3. The predicted octanol–water partition coefficient (Wildman–Crippen LogP) is 2.02. The van der Waals surface area contributed by atoms with Crippen molar-refractivity contribution in [3.8, 4) is 0 Å². The van der Waals surface area contributed by atoms with Crippen molar-refractivity contribution in [3.63, 3.8) is 0 Å². The van der Waals surface area contributed by atoms with E-state index < -0.39 is 0 Å². The van der Waals surface area contributed by atoms with E-state index in [1.807, 2.05) is 12.3 Å². The first-order valence-corrected chi connectivity index (χ1v) is 6.80. The molecule has 0 unspecified atom stereocenters. The summed E-state index contributed by atoms with van der Waals surface area (Å²) in [7, 11) is 0. The molecule has 0 aliphatic heterocycles. The lowest BCUT2D eigenvalue weighted by atomic mass is 10.3. The molecule has 7 heteroatoms. The number of rotatable bonds is 3. The van der Waals surface area contributed by atoms with Crippen molar-refractivity contribution < 1.29 is 4.79 Å². The Labute approximate surface area is 124 Å². The van der Waals surface area contributed by atoms with Crippen molar-refractivity contribution in [2.75, 3.05) is 5.32 Å². The number of pyridine rings is 2. The Morgan fingerprint density at radius 1 is 1.27 bits per heavy atom. The number of aromatic amines is 2. The first-order valence-electron chi connectivity index (χ1n) is 6.80. The van der Waals surface area contributed by atoms with Gasteiger partial charge in [-0.25, -0.2) is 9.97 Å². The van der Waals surface area contributed by atoms with Crippen LogP contribution in [0.2, 0.25) is 0 Å². The maximum Gasteiger partial charge on any atom is 0.232 e. The number of nitrogens with one attached hydrogen (secondary N) is 3. The van der Waals surface area contributed by atoms with Gasteiger partial charge in [-0.3, -0.25) is 9.78 Å². The van der Waals surface area contributed by atoms with E-state index in [1.165, 1.54) is 0 Å². The van der Waals surface area contributed by atoms with Crippen LogP contribution in [0.25, 0.3) is 22.1 Å². The van der Waals surface area contributed by atoms with Gasteiger partial charge in [0.1, 0.15) is 17.0 Å². The van der Waals surface area contributed by atoms with Crippen molar-refractivity contribution in [1.82, 2.24) is 24.9 Å². The first kappa shape index (κ1) is 12.5. The standard InChI is InChI=1S/C15H12N6O/c22-13(19-9-2-1-4-16-7-9)6-12-20-11-8-18-15-10(3-5-17-15)14(11)21-12/h1-5,7-8H,6H2,(H,17,18)(H,19,22)(H,20,21). The molecule has 0 fully saturated rings. The second kappa shape index (κ2) is 4.96. The molecule has 7 nitrogen and oxygen atoms in total. The number of carbonyl (C=O) groups is 1. The average Bonchev–Trinajstić information content (AvgIpc) is 3.12. The van der Waals surface area contributed by atoms with Crippen LogP contribution in [0.1, 0.15) is 5.82 Å². The van der Waals surface area contributed by atoms with Crippen LogP contribution >= 0.6 is 0 Å². The van der Waals surface area contributed by atoms with Gasteiger partial charge in [-0.15, -0.1) is 0 Å². The molecule has 0 radical (unpaired) electrons. The van der Waals surface area contributed by atoms with Crippen molar-refractivity contribution in [3.05, 3.63) is 48.8 Å². The third-order valence-corrected chi connectivity index (χ3v) is 3.36. The van der Waals surface area contributed by atoms with E-state index in [2.05, 4.69) is 30.2 Å². The highest BCUT2D eigenvalue weighted by atomic mass is 16.1. The van der Waals surface area contributed by atoms with Gasteiger partial charge >= 0.3 is 0 Å². The summed E-state index contributed by atoms with van der Waals surface area (Å²) in [4.78, 5) is 31.0. The zero-order chi connectivity index (χ0) is 14.9. The minimum Gasteiger partial charge on any atom is -0.346 e.